The van der Waals surface area contributed by atoms with E-state index >= 15 is 0 Å². The van der Waals surface area contributed by atoms with E-state index in [0.29, 0.717) is 30.6 Å². The number of benzene rings is 2. The Balaban J connectivity index is 1.24. The lowest BCUT2D eigenvalue weighted by Gasteiger charge is -2.10. The molecule has 3 aromatic rings. The van der Waals surface area contributed by atoms with Gasteiger partial charge in [-0.25, -0.2) is 0 Å². The van der Waals surface area contributed by atoms with Crippen molar-refractivity contribution in [1.29, 1.82) is 0 Å². The second kappa shape index (κ2) is 9.23. The largest absolute Gasteiger partial charge is 0.493 e. The molecule has 0 bridgehead atoms. The van der Waals surface area contributed by atoms with Gasteiger partial charge in [-0.3, -0.25) is 0 Å². The standard InChI is InChI=1S/C21H22N2O4S/c24-20-11-10-18(26-20)15-6-8-16(9-7-15)21-23-22-19(27-21)14-28-13-12-25-17-4-2-1-3-5-17/h1-9,18,20,24H,10-14H2. The number of rotatable bonds is 8. The molecule has 0 radical (unpaired) electrons. The van der Waals surface area contributed by atoms with Gasteiger partial charge in [-0.1, -0.05) is 30.3 Å². The van der Waals surface area contributed by atoms with Crippen LogP contribution in [0.3, 0.4) is 0 Å². The molecular weight excluding hydrogens is 376 g/mol. The summed E-state index contributed by atoms with van der Waals surface area (Å²) in [6, 6.07) is 17.6. The molecule has 2 atom stereocenters. The number of nitrogens with zero attached hydrogens (tertiary/aromatic N) is 2. The van der Waals surface area contributed by atoms with Crippen LogP contribution in [-0.4, -0.2) is 34.0 Å². The molecule has 1 aliphatic heterocycles. The van der Waals surface area contributed by atoms with E-state index in [0.717, 1.165) is 29.1 Å². The topological polar surface area (TPSA) is 77.6 Å². The smallest absolute Gasteiger partial charge is 0.247 e. The Hall–Kier alpha value is -2.35. The second-order valence-electron chi connectivity index (χ2n) is 6.49. The van der Waals surface area contributed by atoms with Crippen LogP contribution in [-0.2, 0) is 10.5 Å². The molecule has 0 spiro atoms. The fourth-order valence-electron chi connectivity index (χ4n) is 3.03. The predicted octanol–water partition coefficient (Wildman–Crippen LogP) is 4.22. The average molecular weight is 398 g/mol. The SMILES string of the molecule is OC1CCC(c2ccc(-c3nnc(CSCCOc4ccccc4)o3)cc2)O1. The van der Waals surface area contributed by atoms with E-state index in [-0.39, 0.29) is 6.10 Å². The highest BCUT2D eigenvalue weighted by molar-refractivity contribution is 7.98. The Morgan fingerprint density at radius 3 is 2.61 bits per heavy atom. The molecule has 1 N–H and O–H groups in total. The van der Waals surface area contributed by atoms with Crippen molar-refractivity contribution in [2.24, 2.45) is 0 Å². The molecule has 4 rings (SSSR count). The quantitative estimate of drug-likeness (QED) is 0.569. The van der Waals surface area contributed by atoms with Gasteiger partial charge >= 0.3 is 0 Å². The van der Waals surface area contributed by atoms with Crippen molar-refractivity contribution in [2.75, 3.05) is 12.4 Å². The fraction of sp³-hybridized carbons (Fsp3) is 0.333. The van der Waals surface area contributed by atoms with Crippen LogP contribution in [0, 0.1) is 0 Å². The van der Waals surface area contributed by atoms with Crippen molar-refractivity contribution in [3.63, 3.8) is 0 Å². The van der Waals surface area contributed by atoms with E-state index in [1.165, 1.54) is 0 Å². The molecule has 2 heterocycles. The minimum absolute atomic E-state index is 0.0446. The lowest BCUT2D eigenvalue weighted by molar-refractivity contribution is -0.0913. The minimum atomic E-state index is -0.654. The van der Waals surface area contributed by atoms with Crippen molar-refractivity contribution in [3.8, 4) is 17.2 Å². The molecular formula is C21H22N2O4S. The van der Waals surface area contributed by atoms with Gasteiger partial charge in [0.05, 0.1) is 18.5 Å². The number of para-hydroxylation sites is 1. The van der Waals surface area contributed by atoms with Crippen molar-refractivity contribution < 1.29 is 19.0 Å². The van der Waals surface area contributed by atoms with Crippen LogP contribution < -0.4 is 4.74 Å². The molecule has 0 saturated carbocycles. The number of hydrogen-bond donors (Lipinski definition) is 1. The molecule has 2 aromatic carbocycles. The molecule has 28 heavy (non-hydrogen) atoms. The summed E-state index contributed by atoms with van der Waals surface area (Å²) in [5, 5.41) is 17.8. The Labute approximate surface area is 167 Å². The van der Waals surface area contributed by atoms with Gasteiger partial charge in [0.1, 0.15) is 5.75 Å². The number of aliphatic hydroxyl groups excluding tert-OH is 1. The maximum absolute atomic E-state index is 9.49. The number of hydrogen-bond acceptors (Lipinski definition) is 7. The van der Waals surface area contributed by atoms with Gasteiger partial charge in [0.2, 0.25) is 11.8 Å². The highest BCUT2D eigenvalue weighted by Gasteiger charge is 2.24. The number of aromatic nitrogens is 2. The number of ether oxygens (including phenoxy) is 2. The van der Waals surface area contributed by atoms with Crippen LogP contribution >= 0.6 is 11.8 Å². The molecule has 0 aliphatic carbocycles. The lowest BCUT2D eigenvalue weighted by atomic mass is 10.0. The Kier molecular flexibility index (Phi) is 6.26. The van der Waals surface area contributed by atoms with Gasteiger partial charge in [-0.05, 0) is 36.2 Å². The molecule has 2 unspecified atom stereocenters. The van der Waals surface area contributed by atoms with Gasteiger partial charge in [-0.2, -0.15) is 0 Å². The zero-order valence-electron chi connectivity index (χ0n) is 15.4. The van der Waals surface area contributed by atoms with Gasteiger partial charge in [0.15, 0.2) is 6.29 Å². The van der Waals surface area contributed by atoms with E-state index in [2.05, 4.69) is 10.2 Å². The maximum Gasteiger partial charge on any atom is 0.247 e. The summed E-state index contributed by atoms with van der Waals surface area (Å²) in [6.45, 7) is 0.634. The summed E-state index contributed by atoms with van der Waals surface area (Å²) in [4.78, 5) is 0. The average Bonchev–Trinajstić information content (AvgIpc) is 3.38. The van der Waals surface area contributed by atoms with Crippen LogP contribution in [0.1, 0.15) is 30.4 Å². The first-order chi connectivity index (χ1) is 13.8. The molecule has 1 fully saturated rings. The molecule has 1 aliphatic rings. The normalized spacial score (nSPS) is 19.0. The predicted molar refractivity (Wildman–Crippen MR) is 107 cm³/mol. The summed E-state index contributed by atoms with van der Waals surface area (Å²) in [5.74, 6) is 3.48. The van der Waals surface area contributed by atoms with E-state index < -0.39 is 6.29 Å². The van der Waals surface area contributed by atoms with Gasteiger partial charge in [-0.15, -0.1) is 22.0 Å². The van der Waals surface area contributed by atoms with E-state index in [1.54, 1.807) is 11.8 Å². The first-order valence-electron chi connectivity index (χ1n) is 9.30. The third kappa shape index (κ3) is 4.92. The van der Waals surface area contributed by atoms with Crippen molar-refractivity contribution >= 4 is 11.8 Å². The Morgan fingerprint density at radius 1 is 1.04 bits per heavy atom. The van der Waals surface area contributed by atoms with Gasteiger partial charge < -0.3 is 19.0 Å². The van der Waals surface area contributed by atoms with Gasteiger partial charge in [0, 0.05) is 17.7 Å². The van der Waals surface area contributed by atoms with Crippen LogP contribution in [0.5, 0.6) is 5.75 Å². The molecule has 7 heteroatoms. The van der Waals surface area contributed by atoms with Crippen molar-refractivity contribution in [3.05, 3.63) is 66.1 Å². The summed E-state index contributed by atoms with van der Waals surface area (Å²) in [6.07, 6.45) is 0.805. The summed E-state index contributed by atoms with van der Waals surface area (Å²) in [5.41, 5.74) is 1.92. The molecule has 0 amide bonds. The highest BCUT2D eigenvalue weighted by Crippen LogP contribution is 2.32. The van der Waals surface area contributed by atoms with Crippen LogP contribution in [0.15, 0.2) is 59.0 Å². The first kappa shape index (κ1) is 19.0. The van der Waals surface area contributed by atoms with E-state index in [9.17, 15) is 5.11 Å². The van der Waals surface area contributed by atoms with Crippen LogP contribution in [0.4, 0.5) is 0 Å². The minimum Gasteiger partial charge on any atom is -0.493 e. The van der Waals surface area contributed by atoms with Crippen molar-refractivity contribution in [2.45, 2.75) is 31.0 Å². The van der Waals surface area contributed by atoms with Crippen molar-refractivity contribution in [1.82, 2.24) is 10.2 Å². The van der Waals surface area contributed by atoms with E-state index in [4.69, 9.17) is 13.9 Å². The van der Waals surface area contributed by atoms with Gasteiger partial charge in [0.25, 0.3) is 0 Å². The molecule has 1 saturated heterocycles. The lowest BCUT2D eigenvalue weighted by Crippen LogP contribution is -2.03. The zero-order valence-corrected chi connectivity index (χ0v) is 16.2. The molecule has 1 aromatic heterocycles. The number of aliphatic hydroxyl groups is 1. The molecule has 146 valence electrons. The third-order valence-electron chi connectivity index (χ3n) is 4.46. The maximum atomic E-state index is 9.49. The highest BCUT2D eigenvalue weighted by atomic mass is 32.2. The summed E-state index contributed by atoms with van der Waals surface area (Å²) in [7, 11) is 0. The fourth-order valence-corrected chi connectivity index (χ4v) is 3.67. The summed E-state index contributed by atoms with van der Waals surface area (Å²) < 4.78 is 16.9. The van der Waals surface area contributed by atoms with Crippen LogP contribution in [0.25, 0.3) is 11.5 Å². The number of thioether (sulfide) groups is 1. The third-order valence-corrected chi connectivity index (χ3v) is 5.36. The second-order valence-corrected chi connectivity index (χ2v) is 7.60. The van der Waals surface area contributed by atoms with Crippen LogP contribution in [0.2, 0.25) is 0 Å². The Bertz CT molecular complexity index is 870. The summed E-state index contributed by atoms with van der Waals surface area (Å²) >= 11 is 1.69. The first-order valence-corrected chi connectivity index (χ1v) is 10.5. The monoisotopic (exact) mass is 398 g/mol. The Morgan fingerprint density at radius 2 is 1.86 bits per heavy atom. The zero-order chi connectivity index (χ0) is 19.2. The molecule has 6 nitrogen and oxygen atoms in total. The van der Waals surface area contributed by atoms with E-state index in [1.807, 2.05) is 54.6 Å².